The van der Waals surface area contributed by atoms with Gasteiger partial charge >= 0.3 is 0 Å². The number of ketones is 1. The number of Topliss-reactive ketones (excluding diaryl/α,β-unsaturated/α-hetero) is 1. The Kier molecular flexibility index (Phi) is 2.05. The van der Waals surface area contributed by atoms with Gasteiger partial charge in [-0.25, -0.2) is 0 Å². The lowest BCUT2D eigenvalue weighted by atomic mass is 10.1. The van der Waals surface area contributed by atoms with Crippen molar-refractivity contribution >= 4 is 27.6 Å². The first-order chi connectivity index (χ1) is 8.15. The van der Waals surface area contributed by atoms with Gasteiger partial charge in [-0.2, -0.15) is 0 Å². The van der Waals surface area contributed by atoms with E-state index in [4.69, 9.17) is 0 Å². The largest absolute Gasteiger partial charge is 0.355 e. The number of H-pyrrole nitrogens is 1. The van der Waals surface area contributed by atoms with E-state index in [9.17, 15) is 4.79 Å². The molecule has 0 unspecified atom stereocenters. The molecule has 2 aromatic carbocycles. The molecule has 1 aromatic heterocycles. The molecular weight excluding hydrogens is 210 g/mol. The highest BCUT2D eigenvalue weighted by Crippen LogP contribution is 2.27. The number of rotatable bonds is 1. The van der Waals surface area contributed by atoms with E-state index >= 15 is 0 Å². The molecule has 0 amide bonds. The fourth-order valence-electron chi connectivity index (χ4n) is 2.24. The molecule has 0 fully saturated rings. The number of fused-ring (bicyclic) bond motifs is 3. The lowest BCUT2D eigenvalue weighted by molar-refractivity contribution is 0.101. The van der Waals surface area contributed by atoms with Crippen molar-refractivity contribution in [2.75, 3.05) is 0 Å². The topological polar surface area (TPSA) is 32.9 Å². The summed E-state index contributed by atoms with van der Waals surface area (Å²) in [4.78, 5) is 14.8. The highest BCUT2D eigenvalue weighted by molar-refractivity contribution is 6.10. The maximum atomic E-state index is 11.4. The van der Waals surface area contributed by atoms with E-state index in [2.05, 4.69) is 30.1 Å². The Balaban J connectivity index is 2.41. The minimum atomic E-state index is 0.105. The summed E-state index contributed by atoms with van der Waals surface area (Å²) in [6.45, 7) is 3.67. The molecule has 3 aromatic rings. The van der Waals surface area contributed by atoms with E-state index in [1.54, 1.807) is 6.92 Å². The molecule has 0 bridgehead atoms. The van der Waals surface area contributed by atoms with E-state index in [1.165, 1.54) is 10.9 Å². The Morgan fingerprint density at radius 3 is 2.59 bits per heavy atom. The Hall–Kier alpha value is -2.09. The zero-order valence-electron chi connectivity index (χ0n) is 9.87. The maximum Gasteiger partial charge on any atom is 0.159 e. The number of aromatic nitrogens is 1. The summed E-state index contributed by atoms with van der Waals surface area (Å²) in [6.07, 6.45) is 0. The van der Waals surface area contributed by atoms with Gasteiger partial charge in [-0.05, 0) is 43.7 Å². The van der Waals surface area contributed by atoms with Crippen LogP contribution in [-0.2, 0) is 0 Å². The average Bonchev–Trinajstić information content (AvgIpc) is 2.64. The summed E-state index contributed by atoms with van der Waals surface area (Å²) in [5.74, 6) is 0.105. The van der Waals surface area contributed by atoms with Gasteiger partial charge in [0.2, 0.25) is 0 Å². The van der Waals surface area contributed by atoms with Crippen LogP contribution in [0.1, 0.15) is 22.8 Å². The number of aromatic amines is 1. The zero-order valence-corrected chi connectivity index (χ0v) is 9.87. The predicted octanol–water partition coefficient (Wildman–Crippen LogP) is 3.83. The summed E-state index contributed by atoms with van der Waals surface area (Å²) in [6, 6.07) is 12.1. The van der Waals surface area contributed by atoms with Gasteiger partial charge < -0.3 is 4.98 Å². The lowest BCUT2D eigenvalue weighted by Gasteiger charge is -1.96. The number of aryl methyl sites for hydroxylation is 1. The van der Waals surface area contributed by atoms with Crippen LogP contribution >= 0.6 is 0 Å². The van der Waals surface area contributed by atoms with Gasteiger partial charge in [0, 0.05) is 27.4 Å². The molecule has 0 radical (unpaired) electrons. The molecule has 0 aliphatic rings. The number of hydrogen-bond acceptors (Lipinski definition) is 1. The third kappa shape index (κ3) is 1.53. The SMILES string of the molecule is CC(=O)c1ccc2[nH]c3cc(C)ccc3c2c1. The van der Waals surface area contributed by atoms with Crippen molar-refractivity contribution in [3.63, 3.8) is 0 Å². The Labute approximate surface area is 99.3 Å². The fraction of sp³-hybridized carbons (Fsp3) is 0.133. The average molecular weight is 223 g/mol. The predicted molar refractivity (Wildman–Crippen MR) is 70.5 cm³/mol. The first-order valence-corrected chi connectivity index (χ1v) is 5.68. The van der Waals surface area contributed by atoms with Gasteiger partial charge in [0.05, 0.1) is 0 Å². The number of nitrogens with one attached hydrogen (secondary N) is 1. The Bertz CT molecular complexity index is 737. The van der Waals surface area contributed by atoms with Crippen molar-refractivity contribution in [3.05, 3.63) is 47.5 Å². The molecule has 0 saturated carbocycles. The summed E-state index contributed by atoms with van der Waals surface area (Å²) in [5, 5.41) is 2.29. The van der Waals surface area contributed by atoms with Crippen molar-refractivity contribution < 1.29 is 4.79 Å². The molecule has 17 heavy (non-hydrogen) atoms. The van der Waals surface area contributed by atoms with Gasteiger partial charge in [0.15, 0.2) is 5.78 Å². The molecule has 0 saturated heterocycles. The van der Waals surface area contributed by atoms with Crippen LogP contribution in [0.15, 0.2) is 36.4 Å². The third-order valence-corrected chi connectivity index (χ3v) is 3.16. The molecular formula is C15H13NO. The first kappa shape index (κ1) is 10.1. The van der Waals surface area contributed by atoms with Crippen molar-refractivity contribution in [1.29, 1.82) is 0 Å². The van der Waals surface area contributed by atoms with Gasteiger partial charge in [-0.15, -0.1) is 0 Å². The summed E-state index contributed by atoms with van der Waals surface area (Å²) >= 11 is 0. The van der Waals surface area contributed by atoms with Crippen molar-refractivity contribution in [2.45, 2.75) is 13.8 Å². The number of benzene rings is 2. The van der Waals surface area contributed by atoms with E-state index in [-0.39, 0.29) is 5.78 Å². The standard InChI is InChI=1S/C15H13NO/c1-9-3-5-12-13-8-11(10(2)17)4-6-14(13)16-15(12)7-9/h3-8,16H,1-2H3. The Morgan fingerprint density at radius 2 is 1.82 bits per heavy atom. The quantitative estimate of drug-likeness (QED) is 0.625. The van der Waals surface area contributed by atoms with E-state index in [1.807, 2.05) is 18.2 Å². The number of hydrogen-bond donors (Lipinski definition) is 1. The van der Waals surface area contributed by atoms with Crippen LogP contribution in [0, 0.1) is 6.92 Å². The number of carbonyl (C=O) groups excluding carboxylic acids is 1. The first-order valence-electron chi connectivity index (χ1n) is 5.68. The van der Waals surface area contributed by atoms with Crippen LogP contribution in [0.4, 0.5) is 0 Å². The summed E-state index contributed by atoms with van der Waals surface area (Å²) < 4.78 is 0. The minimum Gasteiger partial charge on any atom is -0.355 e. The van der Waals surface area contributed by atoms with Crippen LogP contribution in [-0.4, -0.2) is 10.8 Å². The molecule has 1 N–H and O–H groups in total. The van der Waals surface area contributed by atoms with Crippen LogP contribution < -0.4 is 0 Å². The maximum absolute atomic E-state index is 11.4. The van der Waals surface area contributed by atoms with E-state index in [0.29, 0.717) is 0 Å². The van der Waals surface area contributed by atoms with Gasteiger partial charge in [-0.1, -0.05) is 12.1 Å². The molecule has 0 spiro atoms. The second-order valence-corrected chi connectivity index (χ2v) is 4.49. The second kappa shape index (κ2) is 3.45. The van der Waals surface area contributed by atoms with Crippen LogP contribution in [0.5, 0.6) is 0 Å². The van der Waals surface area contributed by atoms with Crippen LogP contribution in [0.25, 0.3) is 21.8 Å². The zero-order chi connectivity index (χ0) is 12.0. The second-order valence-electron chi connectivity index (χ2n) is 4.49. The molecule has 2 nitrogen and oxygen atoms in total. The highest BCUT2D eigenvalue weighted by Gasteiger charge is 2.06. The third-order valence-electron chi connectivity index (χ3n) is 3.16. The van der Waals surface area contributed by atoms with Gasteiger partial charge in [0.25, 0.3) is 0 Å². The molecule has 1 heterocycles. The van der Waals surface area contributed by atoms with Crippen molar-refractivity contribution in [3.8, 4) is 0 Å². The van der Waals surface area contributed by atoms with Crippen LogP contribution in [0.2, 0.25) is 0 Å². The fourth-order valence-corrected chi connectivity index (χ4v) is 2.24. The van der Waals surface area contributed by atoms with E-state index in [0.717, 1.165) is 22.0 Å². The smallest absolute Gasteiger partial charge is 0.159 e. The molecule has 0 aliphatic carbocycles. The van der Waals surface area contributed by atoms with Gasteiger partial charge in [0.1, 0.15) is 0 Å². The van der Waals surface area contributed by atoms with Crippen LogP contribution in [0.3, 0.4) is 0 Å². The molecule has 2 heteroatoms. The van der Waals surface area contributed by atoms with E-state index < -0.39 is 0 Å². The highest BCUT2D eigenvalue weighted by atomic mass is 16.1. The molecule has 84 valence electrons. The number of carbonyl (C=O) groups is 1. The molecule has 3 rings (SSSR count). The van der Waals surface area contributed by atoms with Crippen molar-refractivity contribution in [1.82, 2.24) is 4.98 Å². The normalized spacial score (nSPS) is 11.2. The molecule has 0 atom stereocenters. The Morgan fingerprint density at radius 1 is 1.00 bits per heavy atom. The summed E-state index contributed by atoms with van der Waals surface area (Å²) in [5.41, 5.74) is 4.20. The minimum absolute atomic E-state index is 0.105. The summed E-state index contributed by atoms with van der Waals surface area (Å²) in [7, 11) is 0. The molecule has 0 aliphatic heterocycles. The van der Waals surface area contributed by atoms with Crippen molar-refractivity contribution in [2.24, 2.45) is 0 Å². The monoisotopic (exact) mass is 223 g/mol. The van der Waals surface area contributed by atoms with Gasteiger partial charge in [-0.3, -0.25) is 4.79 Å². The lowest BCUT2D eigenvalue weighted by Crippen LogP contribution is -1.90.